The number of ether oxygens (including phenoxy) is 1. The molecule has 0 aliphatic carbocycles. The van der Waals surface area contributed by atoms with Gasteiger partial charge >= 0.3 is 5.97 Å². The minimum atomic E-state index is -1.13. The van der Waals surface area contributed by atoms with E-state index < -0.39 is 11.6 Å². The molecule has 0 aromatic heterocycles. The van der Waals surface area contributed by atoms with Crippen molar-refractivity contribution in [2.45, 2.75) is 33.3 Å². The van der Waals surface area contributed by atoms with Crippen molar-refractivity contribution in [3.05, 3.63) is 59.7 Å². The quantitative estimate of drug-likeness (QED) is 0.486. The molecule has 1 amide bonds. The zero-order chi connectivity index (χ0) is 19.3. The molecule has 2 rings (SSSR count). The zero-order valence-electron chi connectivity index (χ0n) is 15.4. The lowest BCUT2D eigenvalue weighted by Crippen LogP contribution is -2.21. The van der Waals surface area contributed by atoms with Crippen molar-refractivity contribution in [3.63, 3.8) is 0 Å². The van der Waals surface area contributed by atoms with Crippen LogP contribution in [0, 0.1) is 0 Å². The van der Waals surface area contributed by atoms with Crippen LogP contribution in [-0.2, 0) is 9.59 Å². The van der Waals surface area contributed by atoms with E-state index in [1.165, 1.54) is 13.8 Å². The zero-order valence-corrected chi connectivity index (χ0v) is 15.4. The van der Waals surface area contributed by atoms with Gasteiger partial charge in [-0.1, -0.05) is 30.3 Å². The Morgan fingerprint density at radius 2 is 1.65 bits per heavy atom. The van der Waals surface area contributed by atoms with Gasteiger partial charge in [0.15, 0.2) is 0 Å². The molecule has 0 aliphatic heterocycles. The summed E-state index contributed by atoms with van der Waals surface area (Å²) in [5.41, 5.74) is 1.69. The van der Waals surface area contributed by atoms with E-state index in [0.717, 1.165) is 5.56 Å². The number of aliphatic hydroxyl groups is 1. The van der Waals surface area contributed by atoms with Crippen LogP contribution in [0.5, 0.6) is 5.75 Å². The summed E-state index contributed by atoms with van der Waals surface area (Å²) < 4.78 is 5.25. The van der Waals surface area contributed by atoms with E-state index in [4.69, 9.17) is 4.74 Å². The highest BCUT2D eigenvalue weighted by molar-refractivity contribution is 5.90. The second-order valence-electron chi connectivity index (χ2n) is 6.51. The van der Waals surface area contributed by atoms with Crippen molar-refractivity contribution in [1.82, 2.24) is 0 Å². The number of amides is 1. The summed E-state index contributed by atoms with van der Waals surface area (Å²) in [7, 11) is 0. The maximum Gasteiger partial charge on any atom is 0.308 e. The first-order chi connectivity index (χ1) is 12.2. The number of hydrogen-bond donors (Lipinski definition) is 2. The molecule has 5 heteroatoms. The van der Waals surface area contributed by atoms with Crippen molar-refractivity contribution < 1.29 is 19.4 Å². The molecule has 0 bridgehead atoms. The topological polar surface area (TPSA) is 75.6 Å². The highest BCUT2D eigenvalue weighted by Crippen LogP contribution is 2.32. The molecule has 136 valence electrons. The summed E-state index contributed by atoms with van der Waals surface area (Å²) in [5.74, 6) is -0.127. The van der Waals surface area contributed by atoms with Gasteiger partial charge in [-0.3, -0.25) is 9.59 Å². The number of benzene rings is 2. The van der Waals surface area contributed by atoms with Gasteiger partial charge in [-0.2, -0.15) is 0 Å². The van der Waals surface area contributed by atoms with Crippen molar-refractivity contribution in [1.29, 1.82) is 0 Å². The van der Waals surface area contributed by atoms with Crippen molar-refractivity contribution in [3.8, 4) is 5.75 Å². The molecule has 2 N–H and O–H groups in total. The van der Waals surface area contributed by atoms with E-state index >= 15 is 0 Å². The number of rotatable bonds is 5. The van der Waals surface area contributed by atoms with Gasteiger partial charge in [-0.15, -0.1) is 0 Å². The molecule has 0 fully saturated rings. The molecule has 2 aromatic rings. The number of hydrogen-bond acceptors (Lipinski definition) is 4. The Labute approximate surface area is 153 Å². The first kappa shape index (κ1) is 19.4. The van der Waals surface area contributed by atoms with Gasteiger partial charge in [0, 0.05) is 25.1 Å². The Bertz CT molecular complexity index is 830. The molecule has 0 saturated carbocycles. The summed E-state index contributed by atoms with van der Waals surface area (Å²) in [6, 6.07) is 14.3. The maximum absolute atomic E-state index is 11.3. The molecule has 0 radical (unpaired) electrons. The van der Waals surface area contributed by atoms with Gasteiger partial charge in [0.2, 0.25) is 5.91 Å². The van der Waals surface area contributed by atoms with Crippen LogP contribution < -0.4 is 10.1 Å². The van der Waals surface area contributed by atoms with Crippen LogP contribution in [0.1, 0.15) is 38.8 Å². The minimum Gasteiger partial charge on any atom is -0.426 e. The largest absolute Gasteiger partial charge is 0.426 e. The molecule has 0 unspecified atom stereocenters. The van der Waals surface area contributed by atoms with Crippen molar-refractivity contribution in [2.75, 3.05) is 5.32 Å². The Morgan fingerprint density at radius 1 is 1.04 bits per heavy atom. The van der Waals surface area contributed by atoms with E-state index in [-0.39, 0.29) is 5.91 Å². The number of carbonyl (C=O) groups is 2. The fourth-order valence-electron chi connectivity index (χ4n) is 2.55. The van der Waals surface area contributed by atoms with Crippen LogP contribution in [0.2, 0.25) is 0 Å². The fraction of sp³-hybridized carbons (Fsp3) is 0.238. The Morgan fingerprint density at radius 3 is 2.19 bits per heavy atom. The minimum absolute atomic E-state index is 0.147. The Hall–Kier alpha value is -2.92. The van der Waals surface area contributed by atoms with E-state index in [2.05, 4.69) is 5.32 Å². The maximum atomic E-state index is 11.3. The smallest absolute Gasteiger partial charge is 0.308 e. The van der Waals surface area contributed by atoms with Gasteiger partial charge < -0.3 is 15.2 Å². The van der Waals surface area contributed by atoms with Crippen LogP contribution in [-0.4, -0.2) is 22.6 Å². The third-order valence-electron chi connectivity index (χ3n) is 3.65. The highest BCUT2D eigenvalue weighted by atomic mass is 16.5. The number of anilines is 1. The van der Waals surface area contributed by atoms with E-state index in [9.17, 15) is 14.7 Å². The summed E-state index contributed by atoms with van der Waals surface area (Å²) in [6.07, 6.45) is 1.80. The van der Waals surface area contributed by atoms with E-state index in [1.807, 2.05) is 24.3 Å². The average molecular weight is 353 g/mol. The van der Waals surface area contributed by atoms with Gasteiger partial charge in [0.05, 0.1) is 5.60 Å². The number of nitrogens with one attached hydrogen (secondary N) is 1. The van der Waals surface area contributed by atoms with Gasteiger partial charge in [-0.05, 0) is 49.3 Å². The second kappa shape index (κ2) is 7.97. The van der Waals surface area contributed by atoms with Gasteiger partial charge in [0.1, 0.15) is 5.75 Å². The average Bonchev–Trinajstić information content (AvgIpc) is 2.53. The highest BCUT2D eigenvalue weighted by Gasteiger charge is 2.22. The number of carbonyl (C=O) groups excluding carboxylic acids is 2. The van der Waals surface area contributed by atoms with Crippen LogP contribution in [0.3, 0.4) is 0 Å². The van der Waals surface area contributed by atoms with E-state index in [0.29, 0.717) is 22.6 Å². The van der Waals surface area contributed by atoms with E-state index in [1.54, 1.807) is 44.2 Å². The first-order valence-corrected chi connectivity index (χ1v) is 8.27. The molecular weight excluding hydrogens is 330 g/mol. The lowest BCUT2D eigenvalue weighted by Gasteiger charge is -2.23. The van der Waals surface area contributed by atoms with Gasteiger partial charge in [-0.25, -0.2) is 0 Å². The standard InChI is InChI=1S/C21H23NO4/c1-14(23)22-18-11-9-16(10-12-18)19(21(3,4)25)13-17-7-5-6-8-20(17)26-15(2)24/h5-13,25H,1-4H3,(H,22,23)/b19-13-. The third-order valence-corrected chi connectivity index (χ3v) is 3.65. The molecule has 0 aliphatic rings. The predicted molar refractivity (Wildman–Crippen MR) is 103 cm³/mol. The summed E-state index contributed by atoms with van der Waals surface area (Å²) in [5, 5.41) is 13.3. The van der Waals surface area contributed by atoms with Crippen LogP contribution >= 0.6 is 0 Å². The van der Waals surface area contributed by atoms with Crippen LogP contribution in [0.25, 0.3) is 11.6 Å². The third kappa shape index (κ3) is 5.29. The second-order valence-corrected chi connectivity index (χ2v) is 6.51. The lowest BCUT2D eigenvalue weighted by molar-refractivity contribution is -0.131. The fourth-order valence-corrected chi connectivity index (χ4v) is 2.55. The van der Waals surface area contributed by atoms with Crippen molar-refractivity contribution >= 4 is 29.2 Å². The predicted octanol–water partition coefficient (Wildman–Crippen LogP) is 3.88. The summed E-state index contributed by atoms with van der Waals surface area (Å²) in [6.45, 7) is 6.17. The van der Waals surface area contributed by atoms with Crippen LogP contribution in [0.4, 0.5) is 5.69 Å². The molecular formula is C21H23NO4. The summed E-state index contributed by atoms with van der Waals surface area (Å²) >= 11 is 0. The normalized spacial score (nSPS) is 11.8. The molecule has 0 heterocycles. The number of esters is 1. The van der Waals surface area contributed by atoms with Crippen LogP contribution in [0.15, 0.2) is 48.5 Å². The van der Waals surface area contributed by atoms with Gasteiger partial charge in [0.25, 0.3) is 0 Å². The SMILES string of the molecule is CC(=O)Nc1ccc(/C(=C/c2ccccc2OC(C)=O)C(C)(C)O)cc1. The lowest BCUT2D eigenvalue weighted by atomic mass is 9.89. The molecule has 0 atom stereocenters. The summed E-state index contributed by atoms with van der Waals surface area (Å²) in [4.78, 5) is 22.5. The Balaban J connectivity index is 2.48. The molecule has 2 aromatic carbocycles. The molecule has 5 nitrogen and oxygen atoms in total. The van der Waals surface area contributed by atoms with Crippen molar-refractivity contribution in [2.24, 2.45) is 0 Å². The number of para-hydroxylation sites is 1. The molecule has 0 saturated heterocycles. The monoisotopic (exact) mass is 353 g/mol. The molecule has 26 heavy (non-hydrogen) atoms. The molecule has 0 spiro atoms. The first-order valence-electron chi connectivity index (χ1n) is 8.27. The Kier molecular flexibility index (Phi) is 5.95.